The molecule has 7 nitrogen and oxygen atoms in total. The number of benzene rings is 2. The summed E-state index contributed by atoms with van der Waals surface area (Å²) < 4.78 is 12.5. The van der Waals surface area contributed by atoms with E-state index in [0.29, 0.717) is 26.3 Å². The molecule has 1 aliphatic heterocycles. The van der Waals surface area contributed by atoms with Crippen LogP contribution >= 0.6 is 11.3 Å². The molecule has 0 fully saturated rings. The van der Waals surface area contributed by atoms with E-state index in [9.17, 15) is 14.4 Å². The third-order valence-electron chi connectivity index (χ3n) is 6.11. The van der Waals surface area contributed by atoms with Crippen molar-refractivity contribution in [1.29, 1.82) is 0 Å². The van der Waals surface area contributed by atoms with Gasteiger partial charge in [0.05, 0.1) is 21.8 Å². The van der Waals surface area contributed by atoms with Crippen molar-refractivity contribution in [3.05, 3.63) is 109 Å². The van der Waals surface area contributed by atoms with E-state index in [0.717, 1.165) is 5.56 Å². The summed E-state index contributed by atoms with van der Waals surface area (Å²) in [5.41, 5.74) is 3.25. The second-order valence-corrected chi connectivity index (χ2v) is 11.0. The summed E-state index contributed by atoms with van der Waals surface area (Å²) in [7, 11) is 0. The normalized spacial score (nSPS) is 15.5. The van der Waals surface area contributed by atoms with Crippen molar-refractivity contribution in [2.45, 2.75) is 46.1 Å². The number of aromatic nitrogens is 1. The Hall–Kier alpha value is -4.04. The molecule has 2 heterocycles. The lowest BCUT2D eigenvalue weighted by Gasteiger charge is -2.24. The van der Waals surface area contributed by atoms with E-state index in [4.69, 9.17) is 9.47 Å². The molecule has 4 rings (SSSR count). The molecular formula is C30H30N2O5S. The molecule has 0 spiro atoms. The highest BCUT2D eigenvalue weighted by atomic mass is 32.1. The van der Waals surface area contributed by atoms with Crippen LogP contribution in [-0.4, -0.2) is 23.1 Å². The van der Waals surface area contributed by atoms with Crippen molar-refractivity contribution < 1.29 is 19.1 Å². The fraction of sp³-hybridized carbons (Fsp3) is 0.267. The lowest BCUT2D eigenvalue weighted by molar-refractivity contribution is -0.138. The molecule has 0 aliphatic carbocycles. The second-order valence-electron chi connectivity index (χ2n) is 10.0. The van der Waals surface area contributed by atoms with Gasteiger partial charge in [0.25, 0.3) is 5.56 Å². The van der Waals surface area contributed by atoms with Crippen LogP contribution in [0.2, 0.25) is 0 Å². The van der Waals surface area contributed by atoms with Crippen LogP contribution in [0.5, 0.6) is 5.75 Å². The molecule has 3 aromatic rings. The fourth-order valence-electron chi connectivity index (χ4n) is 4.23. The lowest BCUT2D eigenvalue weighted by atomic mass is 9.87. The van der Waals surface area contributed by atoms with Crippen molar-refractivity contribution in [2.75, 3.05) is 6.61 Å². The molecule has 0 radical (unpaired) electrons. The minimum absolute atomic E-state index is 0.0248. The molecule has 2 aromatic carbocycles. The molecule has 0 saturated carbocycles. The number of thiazole rings is 1. The highest BCUT2D eigenvalue weighted by Gasteiger charge is 2.33. The van der Waals surface area contributed by atoms with E-state index in [1.165, 1.54) is 34.5 Å². The molecule has 0 N–H and O–H groups in total. The fourth-order valence-corrected chi connectivity index (χ4v) is 5.27. The summed E-state index contributed by atoms with van der Waals surface area (Å²) in [6.07, 6.45) is 3.32. The van der Waals surface area contributed by atoms with Gasteiger partial charge in [0.2, 0.25) is 0 Å². The Morgan fingerprint density at radius 3 is 2.34 bits per heavy atom. The molecule has 0 amide bonds. The SMILES string of the molecule is C=CCOC(=O)C1=C(C)N=c2s/c(=C\c3ccc(C(C)(C)C)cc3)c(=O)n2C1c1ccc(OC(C)=O)cc1. The van der Waals surface area contributed by atoms with Gasteiger partial charge in [-0.15, -0.1) is 0 Å². The average Bonchev–Trinajstić information content (AvgIpc) is 3.16. The Labute approximate surface area is 225 Å². The van der Waals surface area contributed by atoms with Gasteiger partial charge >= 0.3 is 11.9 Å². The van der Waals surface area contributed by atoms with Gasteiger partial charge in [-0.1, -0.05) is 81.2 Å². The van der Waals surface area contributed by atoms with Crippen LogP contribution in [0.4, 0.5) is 0 Å². The van der Waals surface area contributed by atoms with Gasteiger partial charge in [-0.25, -0.2) is 9.79 Å². The Balaban J connectivity index is 1.85. The van der Waals surface area contributed by atoms with Gasteiger partial charge in [0.15, 0.2) is 4.80 Å². The van der Waals surface area contributed by atoms with Gasteiger partial charge in [0, 0.05) is 6.92 Å². The van der Waals surface area contributed by atoms with Crippen LogP contribution in [0, 0.1) is 0 Å². The van der Waals surface area contributed by atoms with E-state index in [1.54, 1.807) is 31.2 Å². The molecule has 1 aliphatic rings. The summed E-state index contributed by atoms with van der Waals surface area (Å²) >= 11 is 1.27. The number of hydrogen-bond acceptors (Lipinski definition) is 7. The maximum absolute atomic E-state index is 13.8. The smallest absolute Gasteiger partial charge is 0.338 e. The third kappa shape index (κ3) is 5.60. The molecule has 1 atom stereocenters. The second kappa shape index (κ2) is 10.8. The first kappa shape index (κ1) is 27.0. The van der Waals surface area contributed by atoms with E-state index in [1.807, 2.05) is 18.2 Å². The van der Waals surface area contributed by atoms with Crippen molar-refractivity contribution in [1.82, 2.24) is 4.57 Å². The molecule has 0 bridgehead atoms. The van der Waals surface area contributed by atoms with Crippen LogP contribution in [0.25, 0.3) is 6.08 Å². The lowest BCUT2D eigenvalue weighted by Crippen LogP contribution is -2.39. The molecule has 1 unspecified atom stereocenters. The number of hydrogen-bond donors (Lipinski definition) is 0. The number of carbonyl (C=O) groups is 2. The number of carbonyl (C=O) groups excluding carboxylic acids is 2. The maximum atomic E-state index is 13.8. The third-order valence-corrected chi connectivity index (χ3v) is 7.09. The highest BCUT2D eigenvalue weighted by Crippen LogP contribution is 2.31. The van der Waals surface area contributed by atoms with E-state index < -0.39 is 18.0 Å². The van der Waals surface area contributed by atoms with Crippen LogP contribution < -0.4 is 19.6 Å². The standard InChI is InChI=1S/C30H30N2O5S/c1-7-16-36-28(35)25-18(2)31-29-32(26(25)21-10-14-23(15-11-21)37-19(3)33)27(34)24(38-29)17-20-8-12-22(13-9-20)30(4,5)6/h7-15,17,26H,1,16H2,2-6H3/b24-17-. The van der Waals surface area contributed by atoms with Crippen LogP contribution in [0.3, 0.4) is 0 Å². The van der Waals surface area contributed by atoms with Crippen LogP contribution in [-0.2, 0) is 19.7 Å². The Morgan fingerprint density at radius 1 is 1.11 bits per heavy atom. The predicted octanol–water partition coefficient (Wildman–Crippen LogP) is 4.19. The number of fused-ring (bicyclic) bond motifs is 1. The first-order valence-electron chi connectivity index (χ1n) is 12.2. The topological polar surface area (TPSA) is 87.0 Å². The van der Waals surface area contributed by atoms with Crippen molar-refractivity contribution in [3.63, 3.8) is 0 Å². The Morgan fingerprint density at radius 2 is 1.76 bits per heavy atom. The number of allylic oxidation sites excluding steroid dienone is 1. The minimum Gasteiger partial charge on any atom is -0.458 e. The Bertz CT molecular complexity index is 1600. The number of nitrogens with zero attached hydrogens (tertiary/aromatic N) is 2. The predicted molar refractivity (Wildman–Crippen MR) is 148 cm³/mol. The quantitative estimate of drug-likeness (QED) is 0.271. The van der Waals surface area contributed by atoms with Crippen molar-refractivity contribution in [2.24, 2.45) is 4.99 Å². The molecule has 1 aromatic heterocycles. The van der Waals surface area contributed by atoms with Gasteiger partial charge in [-0.3, -0.25) is 14.2 Å². The first-order valence-corrected chi connectivity index (χ1v) is 13.0. The van der Waals surface area contributed by atoms with Gasteiger partial charge in [-0.2, -0.15) is 0 Å². The zero-order chi connectivity index (χ0) is 27.6. The monoisotopic (exact) mass is 530 g/mol. The number of rotatable bonds is 6. The minimum atomic E-state index is -0.764. The largest absolute Gasteiger partial charge is 0.458 e. The average molecular weight is 531 g/mol. The molecule has 8 heteroatoms. The van der Waals surface area contributed by atoms with E-state index in [-0.39, 0.29) is 23.2 Å². The van der Waals surface area contributed by atoms with Gasteiger partial charge in [0.1, 0.15) is 12.4 Å². The summed E-state index contributed by atoms with van der Waals surface area (Å²) in [5, 5.41) is 0. The van der Waals surface area contributed by atoms with Gasteiger partial charge in [-0.05, 0) is 47.2 Å². The molecule has 0 saturated heterocycles. The summed E-state index contributed by atoms with van der Waals surface area (Å²) in [6.45, 7) is 13.1. The summed E-state index contributed by atoms with van der Waals surface area (Å²) in [5.74, 6) is -0.651. The first-order chi connectivity index (χ1) is 18.0. The summed E-state index contributed by atoms with van der Waals surface area (Å²) in [6, 6.07) is 14.1. The maximum Gasteiger partial charge on any atom is 0.338 e. The highest BCUT2D eigenvalue weighted by molar-refractivity contribution is 7.07. The zero-order valence-corrected chi connectivity index (χ0v) is 22.9. The number of ether oxygens (including phenoxy) is 2. The number of esters is 2. The molecular weight excluding hydrogens is 500 g/mol. The van der Waals surface area contributed by atoms with Crippen LogP contribution in [0.15, 0.2) is 82.2 Å². The van der Waals surface area contributed by atoms with Crippen molar-refractivity contribution >= 4 is 29.4 Å². The van der Waals surface area contributed by atoms with E-state index >= 15 is 0 Å². The van der Waals surface area contributed by atoms with E-state index in [2.05, 4.69) is 44.5 Å². The molecule has 196 valence electrons. The summed E-state index contributed by atoms with van der Waals surface area (Å²) in [4.78, 5) is 43.3. The Kier molecular flexibility index (Phi) is 7.64. The van der Waals surface area contributed by atoms with Crippen LogP contribution in [0.1, 0.15) is 57.4 Å². The molecule has 38 heavy (non-hydrogen) atoms. The zero-order valence-electron chi connectivity index (χ0n) is 22.1. The van der Waals surface area contributed by atoms with Gasteiger partial charge < -0.3 is 9.47 Å². The van der Waals surface area contributed by atoms with Crippen molar-refractivity contribution in [3.8, 4) is 5.75 Å².